The molecule has 0 rings (SSSR count). The summed E-state index contributed by atoms with van der Waals surface area (Å²) in [6.45, 7) is 1.94. The minimum absolute atomic E-state index is 0. The third-order valence-electron chi connectivity index (χ3n) is 0. The molecule has 57 valence electrons. The van der Waals surface area contributed by atoms with Crippen LogP contribution in [0, 0.1) is 0 Å². The fraction of sp³-hybridized carbons (Fsp3) is 0.500. The van der Waals surface area contributed by atoms with Crippen LogP contribution in [0.3, 0.4) is 0 Å². The Morgan fingerprint density at radius 2 is 1.00 bits per heavy atom. The van der Waals surface area contributed by atoms with Gasteiger partial charge >= 0.3 is 0 Å². The number of carbonyl (C=O) groups excluding carboxylic acids is 2. The Bertz CT molecular complexity index is 70.6. The van der Waals surface area contributed by atoms with Gasteiger partial charge in [0.05, 0.1) is 0 Å². The molecule has 0 N–H and O–H groups in total. The quantitative estimate of drug-likeness (QED) is 0.496. The third kappa shape index (κ3) is 1410. The van der Waals surface area contributed by atoms with Crippen molar-refractivity contribution < 1.29 is 39.9 Å². The molecular formula is C4H6IrO4-2. The summed E-state index contributed by atoms with van der Waals surface area (Å²) in [4.78, 5) is 17.8. The Morgan fingerprint density at radius 1 is 1.00 bits per heavy atom. The number of rotatable bonds is 0. The molecule has 0 spiro atoms. The number of carboxylic acid groups (broad SMARTS) is 2. The van der Waals surface area contributed by atoms with E-state index < -0.39 is 11.9 Å². The monoisotopic (exact) mass is 311 g/mol. The fourth-order valence-corrected chi connectivity index (χ4v) is 0. The molecule has 4 nitrogen and oxygen atoms in total. The van der Waals surface area contributed by atoms with Crippen molar-refractivity contribution in [2.45, 2.75) is 13.8 Å². The molecule has 5 heteroatoms. The van der Waals surface area contributed by atoms with Crippen LogP contribution in [0.15, 0.2) is 0 Å². The number of carbonyl (C=O) groups is 2. The van der Waals surface area contributed by atoms with Crippen LogP contribution in [0.5, 0.6) is 0 Å². The Labute approximate surface area is 66.2 Å². The van der Waals surface area contributed by atoms with Crippen LogP contribution in [0.2, 0.25) is 0 Å². The van der Waals surface area contributed by atoms with E-state index in [1.807, 2.05) is 0 Å². The van der Waals surface area contributed by atoms with Gasteiger partial charge in [-0.2, -0.15) is 0 Å². The SMILES string of the molecule is CC(=O)[O-].CC(=O)[O-].[Ir]. The van der Waals surface area contributed by atoms with E-state index in [2.05, 4.69) is 0 Å². The van der Waals surface area contributed by atoms with Crippen LogP contribution in [-0.4, -0.2) is 11.9 Å². The van der Waals surface area contributed by atoms with E-state index in [0.29, 0.717) is 0 Å². The second-order valence-electron chi connectivity index (χ2n) is 0.983. The molecule has 0 saturated heterocycles. The predicted octanol–water partition coefficient (Wildman–Crippen LogP) is -2.49. The van der Waals surface area contributed by atoms with Crippen molar-refractivity contribution in [3.05, 3.63) is 0 Å². The summed E-state index contributed by atoms with van der Waals surface area (Å²) in [5.74, 6) is -2.17. The largest absolute Gasteiger partial charge is 0.550 e. The van der Waals surface area contributed by atoms with Gasteiger partial charge in [-0.25, -0.2) is 0 Å². The third-order valence-corrected chi connectivity index (χ3v) is 0. The summed E-state index contributed by atoms with van der Waals surface area (Å²) < 4.78 is 0. The molecule has 0 aromatic carbocycles. The van der Waals surface area contributed by atoms with Crippen LogP contribution in [0.25, 0.3) is 0 Å². The predicted molar refractivity (Wildman–Crippen MR) is 21.4 cm³/mol. The maximum absolute atomic E-state index is 8.89. The van der Waals surface area contributed by atoms with Crippen molar-refractivity contribution in [3.8, 4) is 0 Å². The summed E-state index contributed by atoms with van der Waals surface area (Å²) in [6, 6.07) is 0. The Balaban J connectivity index is -0.0000000720. The summed E-state index contributed by atoms with van der Waals surface area (Å²) in [7, 11) is 0. The number of hydrogen-bond acceptors (Lipinski definition) is 4. The minimum Gasteiger partial charge on any atom is -0.550 e. The van der Waals surface area contributed by atoms with Gasteiger partial charge in [-0.05, 0) is 13.8 Å². The molecule has 0 aliphatic rings. The zero-order valence-corrected chi connectivity index (χ0v) is 7.36. The van der Waals surface area contributed by atoms with Gasteiger partial charge in [0, 0.05) is 32.0 Å². The molecule has 0 unspecified atom stereocenters. The summed E-state index contributed by atoms with van der Waals surface area (Å²) in [6.07, 6.45) is 0. The molecule has 0 heterocycles. The van der Waals surface area contributed by atoms with Gasteiger partial charge in [0.1, 0.15) is 0 Å². The van der Waals surface area contributed by atoms with Crippen molar-refractivity contribution in [1.82, 2.24) is 0 Å². The molecule has 1 radical (unpaired) electrons. The van der Waals surface area contributed by atoms with Crippen LogP contribution in [0.1, 0.15) is 13.8 Å². The van der Waals surface area contributed by atoms with Crippen LogP contribution in [-0.2, 0) is 29.7 Å². The minimum atomic E-state index is -1.08. The molecule has 0 bridgehead atoms. The number of hydrogen-bond donors (Lipinski definition) is 0. The van der Waals surface area contributed by atoms with Gasteiger partial charge in [0.2, 0.25) is 0 Å². The summed E-state index contributed by atoms with van der Waals surface area (Å²) >= 11 is 0. The first kappa shape index (κ1) is 15.8. The van der Waals surface area contributed by atoms with E-state index in [4.69, 9.17) is 19.8 Å². The zero-order chi connectivity index (χ0) is 7.15. The smallest absolute Gasteiger partial charge is 0.0383 e. The van der Waals surface area contributed by atoms with Crippen molar-refractivity contribution in [1.29, 1.82) is 0 Å². The normalized spacial score (nSPS) is 5.56. The molecule has 0 atom stereocenters. The van der Waals surface area contributed by atoms with Gasteiger partial charge in [0.15, 0.2) is 0 Å². The second kappa shape index (κ2) is 10.5. The average molecular weight is 310 g/mol. The maximum atomic E-state index is 8.89. The fourth-order valence-electron chi connectivity index (χ4n) is 0. The Hall–Kier alpha value is -0.411. The Morgan fingerprint density at radius 3 is 1.00 bits per heavy atom. The molecule has 0 saturated carbocycles. The van der Waals surface area contributed by atoms with Gasteiger partial charge in [-0.1, -0.05) is 0 Å². The van der Waals surface area contributed by atoms with E-state index in [1.165, 1.54) is 0 Å². The van der Waals surface area contributed by atoms with Gasteiger partial charge in [0.25, 0.3) is 0 Å². The van der Waals surface area contributed by atoms with Crippen molar-refractivity contribution in [2.24, 2.45) is 0 Å². The molecule has 0 fully saturated rings. The number of aliphatic carboxylic acids is 2. The van der Waals surface area contributed by atoms with Crippen LogP contribution in [0.4, 0.5) is 0 Å². The molecule has 0 aliphatic carbocycles. The maximum Gasteiger partial charge on any atom is 0.0383 e. The van der Waals surface area contributed by atoms with Crippen LogP contribution < -0.4 is 10.2 Å². The van der Waals surface area contributed by atoms with Crippen molar-refractivity contribution in [3.63, 3.8) is 0 Å². The first-order valence-corrected chi connectivity index (χ1v) is 1.82. The molecular weight excluding hydrogens is 304 g/mol. The standard InChI is InChI=1S/2C2H4O2.Ir/c2*1-2(3)4;/h2*1H3,(H,3,4);/p-2. The van der Waals surface area contributed by atoms with E-state index in [0.717, 1.165) is 13.8 Å². The Kier molecular flexibility index (Phi) is 18.6. The van der Waals surface area contributed by atoms with Gasteiger partial charge in [-0.15, -0.1) is 0 Å². The summed E-state index contributed by atoms with van der Waals surface area (Å²) in [5.41, 5.74) is 0. The number of carboxylic acids is 2. The first-order chi connectivity index (χ1) is 3.46. The first-order valence-electron chi connectivity index (χ1n) is 1.82. The van der Waals surface area contributed by atoms with Gasteiger partial charge in [-0.3, -0.25) is 0 Å². The second-order valence-corrected chi connectivity index (χ2v) is 0.983. The van der Waals surface area contributed by atoms with Crippen molar-refractivity contribution in [2.75, 3.05) is 0 Å². The molecule has 0 aliphatic heterocycles. The summed E-state index contributed by atoms with van der Waals surface area (Å²) in [5, 5.41) is 17.8. The van der Waals surface area contributed by atoms with E-state index >= 15 is 0 Å². The van der Waals surface area contributed by atoms with E-state index in [9.17, 15) is 0 Å². The molecule has 0 amide bonds. The average Bonchev–Trinajstić information content (AvgIpc) is 1.25. The molecule has 0 aromatic heterocycles. The molecule has 0 aromatic rings. The van der Waals surface area contributed by atoms with E-state index in [-0.39, 0.29) is 20.1 Å². The molecule has 9 heavy (non-hydrogen) atoms. The van der Waals surface area contributed by atoms with Gasteiger partial charge < -0.3 is 19.8 Å². The van der Waals surface area contributed by atoms with E-state index in [1.54, 1.807) is 0 Å². The topological polar surface area (TPSA) is 80.3 Å². The van der Waals surface area contributed by atoms with Crippen LogP contribution >= 0.6 is 0 Å². The van der Waals surface area contributed by atoms with Crippen molar-refractivity contribution >= 4 is 11.9 Å². The zero-order valence-electron chi connectivity index (χ0n) is 4.97.